The zero-order valence-corrected chi connectivity index (χ0v) is 11.8. The predicted molar refractivity (Wildman–Crippen MR) is 75.7 cm³/mol. The van der Waals surface area contributed by atoms with Crippen LogP contribution in [0, 0.1) is 2.88 Å². The number of rotatable bonds is 4. The van der Waals surface area contributed by atoms with Crippen LogP contribution in [0.3, 0.4) is 0 Å². The van der Waals surface area contributed by atoms with E-state index >= 15 is 0 Å². The van der Waals surface area contributed by atoms with E-state index in [1.807, 2.05) is 41.8 Å². The van der Waals surface area contributed by atoms with Crippen LogP contribution < -0.4 is 5.48 Å². The molecule has 0 bridgehead atoms. The minimum atomic E-state index is -0.208. The molecule has 0 aliphatic rings. The molecule has 1 N–H and O–H groups in total. The maximum absolute atomic E-state index is 11.6. The Kier molecular flexibility index (Phi) is 4.52. The molecule has 5 heteroatoms. The van der Waals surface area contributed by atoms with Crippen LogP contribution in [0.2, 0.25) is 0 Å². The smallest absolute Gasteiger partial charge is 0.269 e. The van der Waals surface area contributed by atoms with Gasteiger partial charge in [-0.05, 0) is 34.2 Å². The number of hydrogen-bond donors (Lipinski definition) is 1. The Morgan fingerprint density at radius 2 is 2.12 bits per heavy atom. The third kappa shape index (κ3) is 3.79. The first-order chi connectivity index (χ1) is 8.25. The molecule has 2 rings (SSSR count). The van der Waals surface area contributed by atoms with Crippen LogP contribution in [0.15, 0.2) is 41.8 Å². The van der Waals surface area contributed by atoms with E-state index in [1.54, 1.807) is 0 Å². The third-order valence-electron chi connectivity index (χ3n) is 2.08. The summed E-state index contributed by atoms with van der Waals surface area (Å²) in [7, 11) is 0. The topological polar surface area (TPSA) is 38.3 Å². The van der Waals surface area contributed by atoms with Crippen molar-refractivity contribution in [3.05, 3.63) is 55.8 Å². The maximum atomic E-state index is 11.6. The summed E-state index contributed by atoms with van der Waals surface area (Å²) < 4.78 is 1.08. The lowest BCUT2D eigenvalue weighted by atomic mass is 10.2. The lowest BCUT2D eigenvalue weighted by Gasteiger charge is -2.04. The normalized spacial score (nSPS) is 10.2. The minimum absolute atomic E-state index is 0.208. The van der Waals surface area contributed by atoms with Gasteiger partial charge in [0.15, 0.2) is 0 Å². The van der Waals surface area contributed by atoms with Crippen molar-refractivity contribution in [1.82, 2.24) is 5.48 Å². The molecule has 0 radical (unpaired) electrons. The van der Waals surface area contributed by atoms with E-state index in [2.05, 4.69) is 28.1 Å². The Labute approximate surface area is 117 Å². The molecule has 3 nitrogen and oxygen atoms in total. The number of hydrogen-bond acceptors (Lipinski definition) is 3. The Morgan fingerprint density at radius 3 is 2.76 bits per heavy atom. The summed E-state index contributed by atoms with van der Waals surface area (Å²) >= 11 is 3.71. The molecule has 0 atom stereocenters. The van der Waals surface area contributed by atoms with E-state index in [4.69, 9.17) is 4.84 Å². The summed E-state index contributed by atoms with van der Waals surface area (Å²) in [4.78, 5) is 16.8. The van der Waals surface area contributed by atoms with E-state index in [1.165, 1.54) is 11.3 Å². The summed E-state index contributed by atoms with van der Waals surface area (Å²) in [6.07, 6.45) is 0. The summed E-state index contributed by atoms with van der Waals surface area (Å²) in [6, 6.07) is 11.5. The minimum Gasteiger partial charge on any atom is -0.269 e. The lowest BCUT2D eigenvalue weighted by molar-refractivity contribution is 0.0234. The average molecular weight is 359 g/mol. The fourth-order valence-electron chi connectivity index (χ4n) is 1.25. The molecule has 0 fully saturated rings. The van der Waals surface area contributed by atoms with Gasteiger partial charge in [0.05, 0.1) is 15.1 Å². The standard InChI is InChI=1S/C12H10INO2S/c13-11-6-10(8-17-11)12(15)14-16-7-9-4-2-1-3-5-9/h1-6,8H,7H2,(H,14,15). The molecule has 0 saturated heterocycles. The van der Waals surface area contributed by atoms with Crippen molar-refractivity contribution in [1.29, 1.82) is 0 Å². The third-order valence-corrected chi connectivity index (χ3v) is 3.87. The number of thiophene rings is 1. The van der Waals surface area contributed by atoms with E-state index < -0.39 is 0 Å². The van der Waals surface area contributed by atoms with Crippen molar-refractivity contribution in [2.45, 2.75) is 6.61 Å². The molecule has 0 aliphatic heterocycles. The number of carbonyl (C=O) groups is 1. The van der Waals surface area contributed by atoms with Crippen molar-refractivity contribution in [2.75, 3.05) is 0 Å². The van der Waals surface area contributed by atoms with Crippen LogP contribution >= 0.6 is 33.9 Å². The molecule has 1 amide bonds. The van der Waals surface area contributed by atoms with Gasteiger partial charge in [-0.2, -0.15) is 0 Å². The van der Waals surface area contributed by atoms with Gasteiger partial charge >= 0.3 is 0 Å². The zero-order valence-electron chi connectivity index (χ0n) is 8.85. The molecular weight excluding hydrogens is 349 g/mol. The number of halogens is 1. The number of hydroxylamine groups is 1. The number of benzene rings is 1. The van der Waals surface area contributed by atoms with E-state index in [0.29, 0.717) is 12.2 Å². The molecule has 0 spiro atoms. The Hall–Kier alpha value is -0.920. The van der Waals surface area contributed by atoms with E-state index in [-0.39, 0.29) is 5.91 Å². The first-order valence-electron chi connectivity index (χ1n) is 4.96. The fraction of sp³-hybridized carbons (Fsp3) is 0.0833. The van der Waals surface area contributed by atoms with Crippen LogP contribution in [-0.4, -0.2) is 5.91 Å². The van der Waals surface area contributed by atoms with Crippen molar-refractivity contribution in [3.8, 4) is 0 Å². The predicted octanol–water partition coefficient (Wildman–Crippen LogP) is 3.21. The maximum Gasteiger partial charge on any atom is 0.275 e. The Balaban J connectivity index is 1.81. The van der Waals surface area contributed by atoms with Crippen molar-refractivity contribution in [2.24, 2.45) is 0 Å². The van der Waals surface area contributed by atoms with Gasteiger partial charge < -0.3 is 0 Å². The van der Waals surface area contributed by atoms with Crippen molar-refractivity contribution in [3.63, 3.8) is 0 Å². The molecule has 2 aromatic rings. The molecule has 0 aliphatic carbocycles. The second-order valence-corrected chi connectivity index (χ2v) is 6.15. The van der Waals surface area contributed by atoms with Crippen LogP contribution in [0.1, 0.15) is 15.9 Å². The second kappa shape index (κ2) is 6.13. The molecule has 0 saturated carbocycles. The second-order valence-electron chi connectivity index (χ2n) is 3.34. The van der Waals surface area contributed by atoms with Crippen molar-refractivity contribution >= 4 is 39.8 Å². The van der Waals surface area contributed by atoms with E-state index in [0.717, 1.165) is 8.45 Å². The lowest BCUT2D eigenvalue weighted by Crippen LogP contribution is -2.22. The van der Waals surface area contributed by atoms with Crippen LogP contribution in [0.5, 0.6) is 0 Å². The highest BCUT2D eigenvalue weighted by Crippen LogP contribution is 2.16. The first kappa shape index (κ1) is 12.5. The van der Waals surface area contributed by atoms with Gasteiger partial charge in [0.25, 0.3) is 5.91 Å². The Bertz CT molecular complexity index is 498. The summed E-state index contributed by atoms with van der Waals surface area (Å²) in [5, 5.41) is 1.81. The average Bonchev–Trinajstić information content (AvgIpc) is 2.77. The highest BCUT2D eigenvalue weighted by molar-refractivity contribution is 14.1. The van der Waals surface area contributed by atoms with Crippen LogP contribution in [0.25, 0.3) is 0 Å². The first-order valence-corrected chi connectivity index (χ1v) is 6.91. The molecule has 1 heterocycles. The Morgan fingerprint density at radius 1 is 1.35 bits per heavy atom. The molecule has 1 aromatic carbocycles. The monoisotopic (exact) mass is 359 g/mol. The highest BCUT2D eigenvalue weighted by atomic mass is 127. The largest absolute Gasteiger partial charge is 0.275 e. The molecule has 17 heavy (non-hydrogen) atoms. The van der Waals surface area contributed by atoms with Gasteiger partial charge in [0.1, 0.15) is 0 Å². The van der Waals surface area contributed by atoms with Crippen molar-refractivity contribution < 1.29 is 9.63 Å². The summed E-state index contributed by atoms with van der Waals surface area (Å²) in [5.74, 6) is -0.208. The van der Waals surface area contributed by atoms with Crippen LogP contribution in [-0.2, 0) is 11.4 Å². The van der Waals surface area contributed by atoms with Gasteiger partial charge in [0, 0.05) is 5.38 Å². The van der Waals surface area contributed by atoms with E-state index in [9.17, 15) is 4.79 Å². The number of carbonyl (C=O) groups excluding carboxylic acids is 1. The van der Waals surface area contributed by atoms with Crippen LogP contribution in [0.4, 0.5) is 0 Å². The highest BCUT2D eigenvalue weighted by Gasteiger charge is 2.07. The fourth-order valence-corrected chi connectivity index (χ4v) is 2.57. The zero-order chi connectivity index (χ0) is 12.1. The number of nitrogens with one attached hydrogen (secondary N) is 1. The van der Waals surface area contributed by atoms with Gasteiger partial charge in [-0.15, -0.1) is 11.3 Å². The summed E-state index contributed by atoms with van der Waals surface area (Å²) in [6.45, 7) is 0.369. The van der Waals surface area contributed by atoms with Gasteiger partial charge in [0.2, 0.25) is 0 Å². The van der Waals surface area contributed by atoms with Gasteiger partial charge in [-0.1, -0.05) is 30.3 Å². The molecule has 1 aromatic heterocycles. The van der Waals surface area contributed by atoms with Gasteiger partial charge in [-0.25, -0.2) is 5.48 Å². The number of amides is 1. The van der Waals surface area contributed by atoms with Gasteiger partial charge in [-0.3, -0.25) is 9.63 Å². The molecular formula is C12H10INO2S. The summed E-state index contributed by atoms with van der Waals surface area (Å²) in [5.41, 5.74) is 4.08. The molecule has 0 unspecified atom stereocenters. The SMILES string of the molecule is O=C(NOCc1ccccc1)c1csc(I)c1. The quantitative estimate of drug-likeness (QED) is 0.673. The molecule has 88 valence electrons.